The summed E-state index contributed by atoms with van der Waals surface area (Å²) in [5.74, 6) is -0.999. The Labute approximate surface area is 203 Å². The number of hydrogen-bond donors (Lipinski definition) is 2. The van der Waals surface area contributed by atoms with Gasteiger partial charge in [-0.05, 0) is 29.2 Å². The average molecular weight is 470 g/mol. The summed E-state index contributed by atoms with van der Waals surface area (Å²) in [6, 6.07) is 24.4. The van der Waals surface area contributed by atoms with E-state index in [1.807, 2.05) is 84.9 Å². The Kier molecular flexibility index (Phi) is 7.70. The van der Waals surface area contributed by atoms with Crippen LogP contribution < -0.4 is 11.1 Å². The van der Waals surface area contributed by atoms with Crippen LogP contribution in [-0.2, 0) is 38.6 Å². The SMILES string of the molecule is N[C@H](Cc1cn(C=O)c2ccccc12)C(=O)N[C@@H](Cc1ccccc1)C(=O)OCc1ccccc1. The van der Waals surface area contributed by atoms with Gasteiger partial charge in [-0.1, -0.05) is 78.9 Å². The average Bonchev–Trinajstić information content (AvgIpc) is 3.25. The second-order valence-corrected chi connectivity index (χ2v) is 8.34. The Hall–Kier alpha value is -4.23. The van der Waals surface area contributed by atoms with Gasteiger partial charge in [-0.3, -0.25) is 14.2 Å². The molecule has 0 saturated heterocycles. The molecule has 0 spiro atoms. The maximum absolute atomic E-state index is 13.0. The van der Waals surface area contributed by atoms with Gasteiger partial charge in [0.05, 0.1) is 11.6 Å². The van der Waals surface area contributed by atoms with Crippen LogP contribution >= 0.6 is 0 Å². The summed E-state index contributed by atoms with van der Waals surface area (Å²) in [7, 11) is 0. The molecule has 1 heterocycles. The molecule has 1 aromatic heterocycles. The minimum absolute atomic E-state index is 0.109. The van der Waals surface area contributed by atoms with E-state index in [9.17, 15) is 14.4 Å². The molecule has 0 aliphatic carbocycles. The van der Waals surface area contributed by atoms with Crippen LogP contribution in [-0.4, -0.2) is 34.9 Å². The summed E-state index contributed by atoms with van der Waals surface area (Å²) in [6.45, 7) is 0.109. The Balaban J connectivity index is 1.46. The first-order valence-corrected chi connectivity index (χ1v) is 11.4. The van der Waals surface area contributed by atoms with Crippen LogP contribution in [0.3, 0.4) is 0 Å². The van der Waals surface area contributed by atoms with Crippen molar-refractivity contribution < 1.29 is 19.1 Å². The molecule has 7 heteroatoms. The Morgan fingerprint density at radius 1 is 0.886 bits per heavy atom. The number of nitrogens with zero attached hydrogens (tertiary/aromatic N) is 1. The Morgan fingerprint density at radius 2 is 1.51 bits per heavy atom. The van der Waals surface area contributed by atoms with Crippen LogP contribution in [0.15, 0.2) is 91.1 Å². The number of aromatic nitrogens is 1. The maximum atomic E-state index is 13.0. The van der Waals surface area contributed by atoms with Crippen molar-refractivity contribution in [2.75, 3.05) is 0 Å². The normalized spacial score (nSPS) is 12.6. The van der Waals surface area contributed by atoms with Crippen molar-refractivity contribution in [3.63, 3.8) is 0 Å². The molecule has 3 N–H and O–H groups in total. The molecular formula is C28H27N3O4. The molecule has 35 heavy (non-hydrogen) atoms. The van der Waals surface area contributed by atoms with Gasteiger partial charge in [0.2, 0.25) is 12.3 Å². The van der Waals surface area contributed by atoms with E-state index in [4.69, 9.17) is 10.5 Å². The summed E-state index contributed by atoms with van der Waals surface area (Å²) in [6.07, 6.45) is 2.89. The zero-order valence-electron chi connectivity index (χ0n) is 19.2. The van der Waals surface area contributed by atoms with Gasteiger partial charge in [0.25, 0.3) is 0 Å². The fourth-order valence-electron chi connectivity index (χ4n) is 4.01. The molecular weight excluding hydrogens is 442 g/mol. The van der Waals surface area contributed by atoms with Crippen LogP contribution in [0.4, 0.5) is 0 Å². The van der Waals surface area contributed by atoms with Crippen molar-refractivity contribution in [2.24, 2.45) is 5.73 Å². The van der Waals surface area contributed by atoms with Crippen LogP contribution in [0.5, 0.6) is 0 Å². The van der Waals surface area contributed by atoms with E-state index in [1.165, 1.54) is 4.57 Å². The molecule has 0 aliphatic rings. The van der Waals surface area contributed by atoms with Crippen molar-refractivity contribution in [1.82, 2.24) is 9.88 Å². The predicted octanol–water partition coefficient (Wildman–Crippen LogP) is 3.02. The number of carbonyl (C=O) groups excluding carboxylic acids is 3. The van der Waals surface area contributed by atoms with E-state index >= 15 is 0 Å². The second kappa shape index (κ2) is 11.3. The number of para-hydroxylation sites is 1. The molecule has 0 saturated carbocycles. The molecule has 0 fully saturated rings. The molecule has 2 atom stereocenters. The highest BCUT2D eigenvalue weighted by molar-refractivity contribution is 5.91. The lowest BCUT2D eigenvalue weighted by atomic mass is 10.0. The highest BCUT2D eigenvalue weighted by Crippen LogP contribution is 2.21. The largest absolute Gasteiger partial charge is 0.459 e. The van der Waals surface area contributed by atoms with E-state index in [0.717, 1.165) is 34.0 Å². The summed E-state index contributed by atoms with van der Waals surface area (Å²) in [5.41, 5.74) is 9.50. The van der Waals surface area contributed by atoms with Crippen LogP contribution in [0.1, 0.15) is 16.7 Å². The number of carbonyl (C=O) groups is 3. The zero-order valence-corrected chi connectivity index (χ0v) is 19.2. The smallest absolute Gasteiger partial charge is 0.329 e. The van der Waals surface area contributed by atoms with Crippen LogP contribution in [0.2, 0.25) is 0 Å². The number of amides is 1. The number of hydrogen-bond acceptors (Lipinski definition) is 5. The van der Waals surface area contributed by atoms with Crippen molar-refractivity contribution in [3.8, 4) is 0 Å². The number of esters is 1. The topological polar surface area (TPSA) is 103 Å². The number of benzene rings is 3. The van der Waals surface area contributed by atoms with Crippen molar-refractivity contribution in [3.05, 3.63) is 108 Å². The van der Waals surface area contributed by atoms with Gasteiger partial charge >= 0.3 is 5.97 Å². The first kappa shape index (κ1) is 23.9. The quantitative estimate of drug-likeness (QED) is 0.275. The Bertz CT molecular complexity index is 1300. The standard InChI is InChI=1S/C28H27N3O4/c29-24(16-22-17-31(19-32)26-14-8-7-13-23(22)26)27(33)30-25(15-20-9-3-1-4-10-20)28(34)35-18-21-11-5-2-6-12-21/h1-14,17,19,24-25H,15-16,18,29H2,(H,30,33)/t24-,25+/m1/s1. The van der Waals surface area contributed by atoms with Crippen molar-refractivity contribution >= 4 is 29.2 Å². The zero-order chi connectivity index (χ0) is 24.6. The molecule has 178 valence electrons. The lowest BCUT2D eigenvalue weighted by Crippen LogP contribution is -2.50. The number of rotatable bonds is 10. The van der Waals surface area contributed by atoms with Crippen LogP contribution in [0.25, 0.3) is 10.9 Å². The third kappa shape index (κ3) is 6.02. The van der Waals surface area contributed by atoms with E-state index in [2.05, 4.69) is 5.32 Å². The monoisotopic (exact) mass is 469 g/mol. The molecule has 1 amide bonds. The lowest BCUT2D eigenvalue weighted by Gasteiger charge is -2.20. The third-order valence-corrected chi connectivity index (χ3v) is 5.82. The fraction of sp³-hybridized carbons (Fsp3) is 0.179. The molecule has 3 aromatic carbocycles. The summed E-state index contributed by atoms with van der Waals surface area (Å²) in [5, 5.41) is 3.63. The molecule has 4 rings (SSSR count). The minimum atomic E-state index is -0.916. The van der Waals surface area contributed by atoms with Gasteiger partial charge in [-0.25, -0.2) is 4.79 Å². The van der Waals surface area contributed by atoms with E-state index in [-0.39, 0.29) is 19.4 Å². The Morgan fingerprint density at radius 3 is 2.20 bits per heavy atom. The number of nitrogens with one attached hydrogen (secondary N) is 1. The highest BCUT2D eigenvalue weighted by atomic mass is 16.5. The number of fused-ring (bicyclic) bond motifs is 1. The minimum Gasteiger partial charge on any atom is -0.459 e. The fourth-order valence-corrected chi connectivity index (χ4v) is 4.01. The van der Waals surface area contributed by atoms with Gasteiger partial charge in [0.1, 0.15) is 12.6 Å². The molecule has 0 aliphatic heterocycles. The molecule has 0 unspecified atom stereocenters. The van der Waals surface area contributed by atoms with E-state index in [0.29, 0.717) is 0 Å². The summed E-state index contributed by atoms with van der Waals surface area (Å²) in [4.78, 5) is 37.4. The summed E-state index contributed by atoms with van der Waals surface area (Å²) >= 11 is 0. The molecule has 0 radical (unpaired) electrons. The first-order valence-electron chi connectivity index (χ1n) is 11.4. The predicted molar refractivity (Wildman–Crippen MR) is 134 cm³/mol. The molecule has 0 bridgehead atoms. The lowest BCUT2D eigenvalue weighted by molar-refractivity contribution is -0.149. The van der Waals surface area contributed by atoms with E-state index < -0.39 is 24.0 Å². The van der Waals surface area contributed by atoms with E-state index in [1.54, 1.807) is 6.20 Å². The maximum Gasteiger partial charge on any atom is 0.329 e. The first-order chi connectivity index (χ1) is 17.0. The van der Waals surface area contributed by atoms with Crippen LogP contribution in [0, 0.1) is 0 Å². The van der Waals surface area contributed by atoms with Gasteiger partial charge in [0, 0.05) is 18.0 Å². The number of ether oxygens (including phenoxy) is 1. The van der Waals surface area contributed by atoms with Gasteiger partial charge in [-0.2, -0.15) is 0 Å². The van der Waals surface area contributed by atoms with Gasteiger partial charge in [0.15, 0.2) is 0 Å². The summed E-state index contributed by atoms with van der Waals surface area (Å²) < 4.78 is 6.97. The second-order valence-electron chi connectivity index (χ2n) is 8.34. The third-order valence-electron chi connectivity index (χ3n) is 5.82. The van der Waals surface area contributed by atoms with Gasteiger partial charge in [-0.15, -0.1) is 0 Å². The molecule has 4 aromatic rings. The van der Waals surface area contributed by atoms with Crippen molar-refractivity contribution in [2.45, 2.75) is 31.5 Å². The molecule has 7 nitrogen and oxygen atoms in total. The van der Waals surface area contributed by atoms with Crippen molar-refractivity contribution in [1.29, 1.82) is 0 Å². The highest BCUT2D eigenvalue weighted by Gasteiger charge is 2.26. The van der Waals surface area contributed by atoms with Gasteiger partial charge < -0.3 is 15.8 Å². The number of nitrogens with two attached hydrogens (primary N) is 1.